The first-order valence-electron chi connectivity index (χ1n) is 7.57. The highest BCUT2D eigenvalue weighted by Crippen LogP contribution is 2.25. The highest BCUT2D eigenvalue weighted by molar-refractivity contribution is 5.57. The third-order valence-corrected chi connectivity index (χ3v) is 3.83. The normalized spacial score (nSPS) is 17.9. The number of aryl methyl sites for hydroxylation is 1. The van der Waals surface area contributed by atoms with Gasteiger partial charge >= 0.3 is 0 Å². The number of anilines is 1. The molecule has 0 bridgehead atoms. The Morgan fingerprint density at radius 1 is 1.10 bits per heavy atom. The van der Waals surface area contributed by atoms with E-state index in [1.54, 1.807) is 0 Å². The Balaban J connectivity index is 1.73. The number of fused-ring (bicyclic) bond motifs is 1. The number of rotatable bonds is 3. The average Bonchev–Trinajstić information content (AvgIpc) is 2.72. The van der Waals surface area contributed by atoms with Crippen LogP contribution in [0.4, 0.5) is 5.69 Å². The van der Waals surface area contributed by atoms with Gasteiger partial charge in [0.1, 0.15) is 11.9 Å². The summed E-state index contributed by atoms with van der Waals surface area (Å²) in [5.74, 6) is 0.966. The molecule has 1 aliphatic rings. The number of hydrogen-bond acceptors (Lipinski definition) is 2. The van der Waals surface area contributed by atoms with Crippen LogP contribution in [0, 0.1) is 0 Å². The molecular weight excluding hydrogens is 258 g/mol. The van der Waals surface area contributed by atoms with Gasteiger partial charge in [0.25, 0.3) is 0 Å². The van der Waals surface area contributed by atoms with E-state index in [2.05, 4.69) is 41.7 Å². The van der Waals surface area contributed by atoms with Crippen molar-refractivity contribution in [3.63, 3.8) is 0 Å². The number of ether oxygens (including phenoxy) is 1. The van der Waals surface area contributed by atoms with Gasteiger partial charge in [0, 0.05) is 11.3 Å². The zero-order valence-electron chi connectivity index (χ0n) is 12.4. The third-order valence-electron chi connectivity index (χ3n) is 3.83. The topological polar surface area (TPSA) is 21.3 Å². The predicted octanol–water partition coefficient (Wildman–Crippen LogP) is 4.53. The van der Waals surface area contributed by atoms with E-state index >= 15 is 0 Å². The van der Waals surface area contributed by atoms with Crippen molar-refractivity contribution in [2.24, 2.45) is 0 Å². The molecule has 2 aromatic rings. The molecule has 0 spiro atoms. The molecule has 1 aliphatic heterocycles. The van der Waals surface area contributed by atoms with Gasteiger partial charge in [-0.25, -0.2) is 0 Å². The summed E-state index contributed by atoms with van der Waals surface area (Å²) in [6.45, 7) is 2.88. The van der Waals surface area contributed by atoms with Crippen LogP contribution in [-0.2, 0) is 6.42 Å². The monoisotopic (exact) mass is 279 g/mol. The first-order chi connectivity index (χ1) is 10.4. The van der Waals surface area contributed by atoms with Crippen LogP contribution < -0.4 is 10.1 Å². The van der Waals surface area contributed by atoms with E-state index in [0.29, 0.717) is 0 Å². The van der Waals surface area contributed by atoms with Crippen molar-refractivity contribution in [1.29, 1.82) is 0 Å². The molecule has 0 saturated heterocycles. The van der Waals surface area contributed by atoms with Crippen LogP contribution in [0.2, 0.25) is 0 Å². The molecule has 0 aromatic heterocycles. The Bertz CT molecular complexity index is 606. The lowest BCUT2D eigenvalue weighted by atomic mass is 10.1. The maximum Gasteiger partial charge on any atom is 0.127 e. The summed E-state index contributed by atoms with van der Waals surface area (Å²) in [5, 5.41) is 3.50. The van der Waals surface area contributed by atoms with Gasteiger partial charge in [0.05, 0.1) is 6.54 Å². The molecule has 2 nitrogen and oxygen atoms in total. The summed E-state index contributed by atoms with van der Waals surface area (Å²) in [4.78, 5) is 0. The SMILES string of the molecule is C/C=C/c1ccccc1OC1CCc2ccccc2NC1. The third kappa shape index (κ3) is 3.27. The fourth-order valence-electron chi connectivity index (χ4n) is 2.74. The highest BCUT2D eigenvalue weighted by atomic mass is 16.5. The summed E-state index contributed by atoms with van der Waals surface area (Å²) in [6, 6.07) is 16.7. The minimum atomic E-state index is 0.198. The molecule has 21 heavy (non-hydrogen) atoms. The molecule has 1 atom stereocenters. The Morgan fingerprint density at radius 2 is 1.90 bits per heavy atom. The van der Waals surface area contributed by atoms with Crippen molar-refractivity contribution >= 4 is 11.8 Å². The van der Waals surface area contributed by atoms with Gasteiger partial charge in [-0.15, -0.1) is 0 Å². The first kappa shape index (κ1) is 13.7. The number of hydrogen-bond donors (Lipinski definition) is 1. The van der Waals surface area contributed by atoms with Gasteiger partial charge < -0.3 is 10.1 Å². The van der Waals surface area contributed by atoms with Gasteiger partial charge in [0.2, 0.25) is 0 Å². The number of allylic oxidation sites excluding steroid dienone is 1. The van der Waals surface area contributed by atoms with E-state index in [0.717, 1.165) is 30.7 Å². The van der Waals surface area contributed by atoms with E-state index in [1.807, 2.05) is 31.2 Å². The standard InChI is InChI=1S/C19H21NO/c1-2-7-16-9-4-6-11-19(16)21-17-13-12-15-8-3-5-10-18(15)20-14-17/h2-11,17,20H,12-14H2,1H3/b7-2+. The second kappa shape index (κ2) is 6.49. The summed E-state index contributed by atoms with van der Waals surface area (Å²) in [6.07, 6.45) is 6.43. The van der Waals surface area contributed by atoms with Crippen LogP contribution in [0.1, 0.15) is 24.5 Å². The van der Waals surface area contributed by atoms with Crippen LogP contribution in [0.25, 0.3) is 6.08 Å². The second-order valence-electron chi connectivity index (χ2n) is 5.35. The van der Waals surface area contributed by atoms with E-state index in [4.69, 9.17) is 4.74 Å². The molecule has 1 heterocycles. The molecule has 3 rings (SSSR count). The lowest BCUT2D eigenvalue weighted by molar-refractivity contribution is 0.205. The Kier molecular flexibility index (Phi) is 4.25. The van der Waals surface area contributed by atoms with Gasteiger partial charge in [-0.2, -0.15) is 0 Å². The summed E-state index contributed by atoms with van der Waals surface area (Å²) in [7, 11) is 0. The molecule has 2 heteroatoms. The van der Waals surface area contributed by atoms with Crippen LogP contribution in [0.15, 0.2) is 54.6 Å². The molecule has 108 valence electrons. The molecule has 0 radical (unpaired) electrons. The van der Waals surface area contributed by atoms with E-state index in [9.17, 15) is 0 Å². The zero-order valence-corrected chi connectivity index (χ0v) is 12.4. The van der Waals surface area contributed by atoms with Gasteiger partial charge in [-0.3, -0.25) is 0 Å². The smallest absolute Gasteiger partial charge is 0.127 e. The highest BCUT2D eigenvalue weighted by Gasteiger charge is 2.17. The number of benzene rings is 2. The first-order valence-corrected chi connectivity index (χ1v) is 7.57. The molecule has 0 amide bonds. The molecule has 2 aromatic carbocycles. The zero-order chi connectivity index (χ0) is 14.5. The molecule has 0 saturated carbocycles. The second-order valence-corrected chi connectivity index (χ2v) is 5.35. The quantitative estimate of drug-likeness (QED) is 0.891. The minimum absolute atomic E-state index is 0.198. The van der Waals surface area contributed by atoms with E-state index in [-0.39, 0.29) is 6.10 Å². The van der Waals surface area contributed by atoms with Crippen LogP contribution in [-0.4, -0.2) is 12.6 Å². The number of para-hydroxylation sites is 2. The average molecular weight is 279 g/mol. The van der Waals surface area contributed by atoms with E-state index < -0.39 is 0 Å². The fourth-order valence-corrected chi connectivity index (χ4v) is 2.74. The van der Waals surface area contributed by atoms with Crippen LogP contribution >= 0.6 is 0 Å². The Hall–Kier alpha value is -2.22. The van der Waals surface area contributed by atoms with Crippen LogP contribution in [0.5, 0.6) is 5.75 Å². The van der Waals surface area contributed by atoms with Gasteiger partial charge in [-0.05, 0) is 37.5 Å². The van der Waals surface area contributed by atoms with Crippen molar-refractivity contribution < 1.29 is 4.74 Å². The van der Waals surface area contributed by atoms with Gasteiger partial charge in [0.15, 0.2) is 0 Å². The molecule has 1 unspecified atom stereocenters. The summed E-state index contributed by atoms with van der Waals surface area (Å²) < 4.78 is 6.24. The van der Waals surface area contributed by atoms with Crippen molar-refractivity contribution in [2.45, 2.75) is 25.9 Å². The predicted molar refractivity (Wildman–Crippen MR) is 88.8 cm³/mol. The molecule has 0 fully saturated rings. The van der Waals surface area contributed by atoms with Crippen molar-refractivity contribution in [2.75, 3.05) is 11.9 Å². The van der Waals surface area contributed by atoms with Crippen molar-refractivity contribution in [1.82, 2.24) is 0 Å². The largest absolute Gasteiger partial charge is 0.488 e. The van der Waals surface area contributed by atoms with E-state index in [1.165, 1.54) is 11.3 Å². The van der Waals surface area contributed by atoms with Crippen molar-refractivity contribution in [3.05, 3.63) is 65.7 Å². The van der Waals surface area contributed by atoms with Gasteiger partial charge in [-0.1, -0.05) is 48.6 Å². The maximum atomic E-state index is 6.24. The summed E-state index contributed by atoms with van der Waals surface area (Å²) in [5.41, 5.74) is 3.76. The lowest BCUT2D eigenvalue weighted by Crippen LogP contribution is -2.25. The minimum Gasteiger partial charge on any atom is -0.488 e. The Morgan fingerprint density at radius 3 is 2.81 bits per heavy atom. The fraction of sp³-hybridized carbons (Fsp3) is 0.263. The lowest BCUT2D eigenvalue weighted by Gasteiger charge is -2.19. The summed E-state index contributed by atoms with van der Waals surface area (Å²) >= 11 is 0. The molecule has 0 aliphatic carbocycles. The maximum absolute atomic E-state index is 6.24. The van der Waals surface area contributed by atoms with Crippen LogP contribution in [0.3, 0.4) is 0 Å². The molecular formula is C19H21NO. The van der Waals surface area contributed by atoms with Crippen molar-refractivity contribution in [3.8, 4) is 5.75 Å². The Labute approximate surface area is 126 Å². The number of nitrogens with one attached hydrogen (secondary N) is 1. The molecule has 1 N–H and O–H groups in total.